The van der Waals surface area contributed by atoms with Gasteiger partial charge in [-0.25, -0.2) is 0 Å². The van der Waals surface area contributed by atoms with E-state index in [4.69, 9.17) is 4.74 Å². The molecule has 0 aliphatic rings. The van der Waals surface area contributed by atoms with Crippen molar-refractivity contribution in [3.8, 4) is 5.75 Å². The summed E-state index contributed by atoms with van der Waals surface area (Å²) in [6.07, 6.45) is 1.74. The zero-order valence-electron chi connectivity index (χ0n) is 12.5. The van der Waals surface area contributed by atoms with Crippen molar-refractivity contribution in [1.82, 2.24) is 10.2 Å². The molecule has 0 spiro atoms. The van der Waals surface area contributed by atoms with Crippen LogP contribution in [-0.4, -0.2) is 22.7 Å². The van der Waals surface area contributed by atoms with Crippen LogP contribution in [0.15, 0.2) is 42.6 Å². The number of hydrogen-bond donors (Lipinski definition) is 2. The van der Waals surface area contributed by atoms with E-state index in [1.54, 1.807) is 6.20 Å². The van der Waals surface area contributed by atoms with Crippen molar-refractivity contribution in [1.29, 1.82) is 0 Å². The van der Waals surface area contributed by atoms with E-state index in [-0.39, 0.29) is 12.5 Å². The topological polar surface area (TPSA) is 67.0 Å². The Morgan fingerprint density at radius 1 is 1.27 bits per heavy atom. The molecule has 5 heteroatoms. The standard InChI is InChI=1S/C17H17N3O2/c1-11-4-3-5-16(12(11)2)22-10-17(21)19-14-7-6-13-9-18-20-15(13)8-14/h3-9H,10H2,1-2H3,(H,18,20)(H,19,21). The summed E-state index contributed by atoms with van der Waals surface area (Å²) in [6, 6.07) is 11.4. The van der Waals surface area contributed by atoms with Crippen LogP contribution in [0.5, 0.6) is 5.75 Å². The summed E-state index contributed by atoms with van der Waals surface area (Å²) in [4.78, 5) is 12.0. The molecule has 112 valence electrons. The van der Waals surface area contributed by atoms with Gasteiger partial charge < -0.3 is 10.1 Å². The van der Waals surface area contributed by atoms with Gasteiger partial charge >= 0.3 is 0 Å². The molecule has 0 fully saturated rings. The quantitative estimate of drug-likeness (QED) is 0.776. The summed E-state index contributed by atoms with van der Waals surface area (Å²) in [5.74, 6) is 0.541. The molecule has 22 heavy (non-hydrogen) atoms. The fourth-order valence-electron chi connectivity index (χ4n) is 2.24. The number of H-pyrrole nitrogens is 1. The Morgan fingerprint density at radius 3 is 3.00 bits per heavy atom. The highest BCUT2D eigenvalue weighted by Gasteiger charge is 2.07. The Morgan fingerprint density at radius 2 is 2.14 bits per heavy atom. The van der Waals surface area contributed by atoms with Crippen molar-refractivity contribution in [2.24, 2.45) is 0 Å². The van der Waals surface area contributed by atoms with Gasteiger partial charge in [0.15, 0.2) is 6.61 Å². The molecular weight excluding hydrogens is 278 g/mol. The van der Waals surface area contributed by atoms with Crippen LogP contribution in [0, 0.1) is 13.8 Å². The number of hydrogen-bond acceptors (Lipinski definition) is 3. The molecule has 5 nitrogen and oxygen atoms in total. The van der Waals surface area contributed by atoms with E-state index in [0.29, 0.717) is 5.69 Å². The monoisotopic (exact) mass is 295 g/mol. The Bertz CT molecular complexity index is 824. The van der Waals surface area contributed by atoms with Crippen molar-refractivity contribution >= 4 is 22.5 Å². The summed E-state index contributed by atoms with van der Waals surface area (Å²) in [6.45, 7) is 3.97. The number of anilines is 1. The van der Waals surface area contributed by atoms with E-state index in [2.05, 4.69) is 15.5 Å². The molecular formula is C17H17N3O2. The van der Waals surface area contributed by atoms with Crippen LogP contribution >= 0.6 is 0 Å². The van der Waals surface area contributed by atoms with E-state index in [0.717, 1.165) is 27.8 Å². The minimum Gasteiger partial charge on any atom is -0.483 e. The zero-order valence-corrected chi connectivity index (χ0v) is 12.5. The molecule has 1 amide bonds. The molecule has 1 heterocycles. The molecule has 0 unspecified atom stereocenters. The first kappa shape index (κ1) is 14.1. The molecule has 0 aliphatic carbocycles. The SMILES string of the molecule is Cc1cccc(OCC(=O)Nc2ccc3cn[nH]c3c2)c1C. The number of ether oxygens (including phenoxy) is 1. The maximum atomic E-state index is 12.0. The summed E-state index contributed by atoms with van der Waals surface area (Å²) < 4.78 is 5.59. The predicted molar refractivity (Wildman–Crippen MR) is 86.1 cm³/mol. The highest BCUT2D eigenvalue weighted by molar-refractivity contribution is 5.94. The number of amides is 1. The van der Waals surface area contributed by atoms with Gasteiger partial charge in [0.05, 0.1) is 11.7 Å². The van der Waals surface area contributed by atoms with Crippen molar-refractivity contribution in [3.63, 3.8) is 0 Å². The summed E-state index contributed by atoms with van der Waals surface area (Å²) in [5.41, 5.74) is 3.79. The lowest BCUT2D eigenvalue weighted by atomic mass is 10.1. The van der Waals surface area contributed by atoms with Crippen molar-refractivity contribution in [2.75, 3.05) is 11.9 Å². The van der Waals surface area contributed by atoms with Crippen LogP contribution in [0.1, 0.15) is 11.1 Å². The lowest BCUT2D eigenvalue weighted by Crippen LogP contribution is -2.20. The Hall–Kier alpha value is -2.82. The van der Waals surface area contributed by atoms with E-state index in [9.17, 15) is 4.79 Å². The third-order valence-electron chi connectivity index (χ3n) is 3.64. The zero-order chi connectivity index (χ0) is 15.5. The second-order valence-electron chi connectivity index (χ2n) is 5.21. The van der Waals surface area contributed by atoms with Gasteiger partial charge in [-0.2, -0.15) is 5.10 Å². The van der Waals surface area contributed by atoms with Gasteiger partial charge in [-0.3, -0.25) is 9.89 Å². The molecule has 0 radical (unpaired) electrons. The van der Waals surface area contributed by atoms with Crippen molar-refractivity contribution < 1.29 is 9.53 Å². The van der Waals surface area contributed by atoms with Crippen LogP contribution in [0.3, 0.4) is 0 Å². The van der Waals surface area contributed by atoms with Crippen LogP contribution < -0.4 is 10.1 Å². The van der Waals surface area contributed by atoms with Gasteiger partial charge in [0.25, 0.3) is 5.91 Å². The molecule has 3 rings (SSSR count). The largest absolute Gasteiger partial charge is 0.483 e. The third-order valence-corrected chi connectivity index (χ3v) is 3.64. The lowest BCUT2D eigenvalue weighted by Gasteiger charge is -2.11. The van der Waals surface area contributed by atoms with E-state index in [1.165, 1.54) is 0 Å². The van der Waals surface area contributed by atoms with Gasteiger partial charge in [-0.05, 0) is 49.2 Å². The summed E-state index contributed by atoms with van der Waals surface area (Å²) >= 11 is 0. The molecule has 0 saturated heterocycles. The number of aromatic nitrogens is 2. The first-order valence-corrected chi connectivity index (χ1v) is 7.05. The number of aryl methyl sites for hydroxylation is 1. The Labute approximate surface area is 128 Å². The van der Waals surface area contributed by atoms with Gasteiger partial charge in [0.1, 0.15) is 5.75 Å². The van der Waals surface area contributed by atoms with E-state index in [1.807, 2.05) is 50.2 Å². The van der Waals surface area contributed by atoms with Crippen LogP contribution in [-0.2, 0) is 4.79 Å². The normalized spacial score (nSPS) is 10.6. The van der Waals surface area contributed by atoms with Crippen molar-refractivity contribution in [2.45, 2.75) is 13.8 Å². The molecule has 0 atom stereocenters. The third kappa shape index (κ3) is 2.93. The predicted octanol–water partition coefficient (Wildman–Crippen LogP) is 3.20. The average Bonchev–Trinajstić information content (AvgIpc) is 2.96. The molecule has 3 aromatic rings. The summed E-state index contributed by atoms with van der Waals surface area (Å²) in [5, 5.41) is 10.6. The molecule has 0 bridgehead atoms. The Kier molecular flexibility index (Phi) is 3.78. The second-order valence-corrected chi connectivity index (χ2v) is 5.21. The fraction of sp³-hybridized carbons (Fsp3) is 0.176. The van der Waals surface area contributed by atoms with Crippen molar-refractivity contribution in [3.05, 3.63) is 53.7 Å². The number of nitrogens with zero attached hydrogens (tertiary/aromatic N) is 1. The number of fused-ring (bicyclic) bond motifs is 1. The molecule has 2 aromatic carbocycles. The molecule has 0 saturated carbocycles. The number of aromatic amines is 1. The lowest BCUT2D eigenvalue weighted by molar-refractivity contribution is -0.118. The summed E-state index contributed by atoms with van der Waals surface area (Å²) in [7, 11) is 0. The highest BCUT2D eigenvalue weighted by atomic mass is 16.5. The Balaban J connectivity index is 1.63. The molecule has 0 aliphatic heterocycles. The van der Waals surface area contributed by atoms with E-state index < -0.39 is 0 Å². The van der Waals surface area contributed by atoms with Gasteiger partial charge in [-0.15, -0.1) is 0 Å². The number of benzene rings is 2. The number of rotatable bonds is 4. The fourth-order valence-corrected chi connectivity index (χ4v) is 2.24. The van der Waals surface area contributed by atoms with Gasteiger partial charge in [-0.1, -0.05) is 12.1 Å². The first-order valence-electron chi connectivity index (χ1n) is 7.05. The minimum atomic E-state index is -0.195. The maximum absolute atomic E-state index is 12.0. The highest BCUT2D eigenvalue weighted by Crippen LogP contribution is 2.21. The molecule has 1 aromatic heterocycles. The smallest absolute Gasteiger partial charge is 0.262 e. The number of carbonyl (C=O) groups is 1. The average molecular weight is 295 g/mol. The minimum absolute atomic E-state index is 0.0225. The maximum Gasteiger partial charge on any atom is 0.262 e. The number of carbonyl (C=O) groups excluding carboxylic acids is 1. The van der Waals surface area contributed by atoms with Crippen LogP contribution in [0.4, 0.5) is 5.69 Å². The number of nitrogens with one attached hydrogen (secondary N) is 2. The second kappa shape index (κ2) is 5.89. The van der Waals surface area contributed by atoms with Gasteiger partial charge in [0, 0.05) is 11.1 Å². The van der Waals surface area contributed by atoms with Gasteiger partial charge in [0.2, 0.25) is 0 Å². The van der Waals surface area contributed by atoms with Crippen LogP contribution in [0.25, 0.3) is 10.9 Å². The van der Waals surface area contributed by atoms with E-state index >= 15 is 0 Å². The van der Waals surface area contributed by atoms with Crippen LogP contribution in [0.2, 0.25) is 0 Å². The molecule has 2 N–H and O–H groups in total. The first-order chi connectivity index (χ1) is 10.6.